The second-order valence-electron chi connectivity index (χ2n) is 10.8. The molecule has 1 aliphatic heterocycles. The lowest BCUT2D eigenvalue weighted by Gasteiger charge is -2.30. The van der Waals surface area contributed by atoms with Crippen LogP contribution in [0.25, 0.3) is 0 Å². The summed E-state index contributed by atoms with van der Waals surface area (Å²) < 4.78 is 72.1. The predicted molar refractivity (Wildman–Crippen MR) is 157 cm³/mol. The van der Waals surface area contributed by atoms with E-state index < -0.39 is 46.4 Å². The van der Waals surface area contributed by atoms with Crippen LogP contribution in [0, 0.1) is 17.6 Å². The van der Waals surface area contributed by atoms with Crippen LogP contribution in [0.3, 0.4) is 0 Å². The van der Waals surface area contributed by atoms with Gasteiger partial charge in [-0.15, -0.1) is 0 Å². The zero-order chi connectivity index (χ0) is 31.4. The van der Waals surface area contributed by atoms with Gasteiger partial charge in [0.1, 0.15) is 18.2 Å². The fourth-order valence-corrected chi connectivity index (χ4v) is 6.15. The molecule has 2 aromatic carbocycles. The lowest BCUT2D eigenvalue weighted by Crippen LogP contribution is -2.51. The fourth-order valence-electron chi connectivity index (χ4n) is 4.53. The number of halogens is 2. The number of carbonyl (C=O) groups excluding carboxylic acids is 1. The Labute approximate surface area is 251 Å². The molecule has 1 saturated heterocycles. The quantitative estimate of drug-likeness (QED) is 0.199. The van der Waals surface area contributed by atoms with Gasteiger partial charge in [-0.1, -0.05) is 19.9 Å². The van der Waals surface area contributed by atoms with Gasteiger partial charge in [0, 0.05) is 31.5 Å². The number of nitrogens with zero attached hydrogens (tertiary/aromatic N) is 1. The number of anilines is 1. The summed E-state index contributed by atoms with van der Waals surface area (Å²) in [7, 11) is -4.06. The molecule has 0 radical (unpaired) electrons. The highest BCUT2D eigenvalue weighted by molar-refractivity contribution is 7.89. The van der Waals surface area contributed by atoms with Gasteiger partial charge in [-0.2, -0.15) is 4.31 Å². The molecular formula is C30H41F2N3O7S. The van der Waals surface area contributed by atoms with E-state index in [1.54, 1.807) is 12.2 Å². The zero-order valence-electron chi connectivity index (χ0n) is 24.5. The second kappa shape index (κ2) is 16.7. The number of ether oxygens (including phenoxy) is 3. The Morgan fingerprint density at radius 2 is 1.79 bits per heavy atom. The third-order valence-corrected chi connectivity index (χ3v) is 8.46. The number of nitrogens with two attached hydrogens (primary N) is 1. The number of nitrogens with one attached hydrogen (secondary N) is 1. The summed E-state index contributed by atoms with van der Waals surface area (Å²) in [6.45, 7) is 4.12. The molecule has 4 N–H and O–H groups in total. The van der Waals surface area contributed by atoms with E-state index in [0.717, 1.165) is 35.7 Å². The molecule has 1 amide bonds. The van der Waals surface area contributed by atoms with Crippen LogP contribution < -0.4 is 11.1 Å². The van der Waals surface area contributed by atoms with E-state index in [9.17, 15) is 27.1 Å². The molecule has 0 aromatic heterocycles. The van der Waals surface area contributed by atoms with Gasteiger partial charge in [-0.3, -0.25) is 0 Å². The molecule has 0 spiro atoms. The van der Waals surface area contributed by atoms with Crippen molar-refractivity contribution in [2.24, 2.45) is 5.92 Å². The molecule has 3 atom stereocenters. The summed E-state index contributed by atoms with van der Waals surface area (Å²) in [5.41, 5.74) is 6.25. The first-order chi connectivity index (χ1) is 20.4. The van der Waals surface area contributed by atoms with Crippen molar-refractivity contribution in [2.45, 2.75) is 62.9 Å². The summed E-state index contributed by atoms with van der Waals surface area (Å²) in [5, 5.41) is 13.8. The van der Waals surface area contributed by atoms with Gasteiger partial charge >= 0.3 is 6.09 Å². The monoisotopic (exact) mass is 625 g/mol. The van der Waals surface area contributed by atoms with Crippen molar-refractivity contribution >= 4 is 21.8 Å². The summed E-state index contributed by atoms with van der Waals surface area (Å²) in [4.78, 5) is 12.6. The van der Waals surface area contributed by atoms with Crippen molar-refractivity contribution < 1.29 is 41.3 Å². The van der Waals surface area contributed by atoms with Crippen molar-refractivity contribution in [3.63, 3.8) is 0 Å². The Bertz CT molecular complexity index is 1280. The lowest BCUT2D eigenvalue weighted by atomic mass is 10.0. The molecule has 0 bridgehead atoms. The Morgan fingerprint density at radius 1 is 1.12 bits per heavy atom. The minimum Gasteiger partial charge on any atom is -0.445 e. The van der Waals surface area contributed by atoms with Gasteiger partial charge in [0.2, 0.25) is 10.0 Å². The SMILES string of the molecule is CC(C)CN(C[C@@H](O)[C@H](Cc1cc(F)cc(F)c1)NC(=O)OC/C=C/CO[C@H]1CCCCO1)S(=O)(=O)c1ccc(N)cc1. The first-order valence-electron chi connectivity index (χ1n) is 14.2. The van der Waals surface area contributed by atoms with Crippen molar-refractivity contribution in [1.82, 2.24) is 9.62 Å². The predicted octanol–water partition coefficient (Wildman–Crippen LogP) is 3.99. The van der Waals surface area contributed by atoms with E-state index in [4.69, 9.17) is 19.9 Å². The summed E-state index contributed by atoms with van der Waals surface area (Å²) in [6, 6.07) is 7.36. The van der Waals surface area contributed by atoms with Gasteiger partial charge in [0.15, 0.2) is 6.29 Å². The van der Waals surface area contributed by atoms with Crippen molar-refractivity contribution in [3.8, 4) is 0 Å². The van der Waals surface area contributed by atoms with Crippen LogP contribution in [0.5, 0.6) is 0 Å². The smallest absolute Gasteiger partial charge is 0.407 e. The number of nitrogen functional groups attached to an aromatic ring is 1. The number of sulfonamides is 1. The second-order valence-corrected chi connectivity index (χ2v) is 12.7. The number of aliphatic hydroxyl groups excluding tert-OH is 1. The molecule has 0 saturated carbocycles. The number of carbonyl (C=O) groups is 1. The van der Waals surface area contributed by atoms with Crippen LogP contribution in [0.15, 0.2) is 59.5 Å². The third kappa shape index (κ3) is 11.5. The highest BCUT2D eigenvalue weighted by Gasteiger charge is 2.31. The van der Waals surface area contributed by atoms with Gasteiger partial charge in [-0.25, -0.2) is 22.0 Å². The van der Waals surface area contributed by atoms with Crippen LogP contribution in [-0.4, -0.2) is 75.3 Å². The van der Waals surface area contributed by atoms with Gasteiger partial charge in [0.05, 0.1) is 23.6 Å². The van der Waals surface area contributed by atoms with E-state index in [2.05, 4.69) is 5.32 Å². The molecular weight excluding hydrogens is 584 g/mol. The Balaban J connectivity index is 1.69. The molecule has 0 unspecified atom stereocenters. The van der Waals surface area contributed by atoms with Crippen LogP contribution >= 0.6 is 0 Å². The lowest BCUT2D eigenvalue weighted by molar-refractivity contribution is -0.155. The number of aliphatic hydroxyl groups is 1. The minimum absolute atomic E-state index is 0.0171. The molecule has 13 heteroatoms. The number of benzene rings is 2. The molecule has 1 heterocycles. The highest BCUT2D eigenvalue weighted by Crippen LogP contribution is 2.21. The maximum absolute atomic E-state index is 13.9. The van der Waals surface area contributed by atoms with Crippen molar-refractivity contribution in [3.05, 3.63) is 71.8 Å². The van der Waals surface area contributed by atoms with E-state index in [1.807, 2.05) is 13.8 Å². The van der Waals surface area contributed by atoms with Gasteiger partial charge < -0.3 is 30.4 Å². The maximum atomic E-state index is 13.9. The van der Waals surface area contributed by atoms with Crippen molar-refractivity contribution in [1.29, 1.82) is 0 Å². The number of hydrogen-bond acceptors (Lipinski definition) is 8. The summed E-state index contributed by atoms with van der Waals surface area (Å²) in [5.74, 6) is -1.77. The molecule has 43 heavy (non-hydrogen) atoms. The maximum Gasteiger partial charge on any atom is 0.407 e. The summed E-state index contributed by atoms with van der Waals surface area (Å²) in [6.07, 6.45) is 3.30. The fraction of sp³-hybridized carbons (Fsp3) is 0.500. The van der Waals surface area contributed by atoms with Gasteiger partial charge in [-0.05, 0) is 79.6 Å². The number of amides is 1. The topological polar surface area (TPSA) is 140 Å². The molecule has 10 nitrogen and oxygen atoms in total. The molecule has 2 aromatic rings. The molecule has 3 rings (SSSR count). The van der Waals surface area contributed by atoms with Crippen LogP contribution in [0.2, 0.25) is 0 Å². The van der Waals surface area contributed by atoms with Crippen LogP contribution in [-0.2, 0) is 30.7 Å². The first kappa shape index (κ1) is 34.4. The van der Waals surface area contributed by atoms with E-state index in [0.29, 0.717) is 18.4 Å². The van der Waals surface area contributed by atoms with E-state index in [-0.39, 0.29) is 48.8 Å². The van der Waals surface area contributed by atoms with Crippen LogP contribution in [0.4, 0.5) is 19.3 Å². The number of alkyl carbamates (subject to hydrolysis) is 1. The van der Waals surface area contributed by atoms with E-state index >= 15 is 0 Å². The number of rotatable bonds is 15. The van der Waals surface area contributed by atoms with E-state index in [1.165, 1.54) is 24.3 Å². The van der Waals surface area contributed by atoms with Crippen LogP contribution in [0.1, 0.15) is 38.7 Å². The Hall–Kier alpha value is -3.10. The molecule has 238 valence electrons. The zero-order valence-corrected chi connectivity index (χ0v) is 25.3. The molecule has 1 aliphatic rings. The largest absolute Gasteiger partial charge is 0.445 e. The Kier molecular flexibility index (Phi) is 13.3. The standard InChI is InChI=1S/C30H41F2N3O7S/c1-21(2)19-35(43(38,39)26-10-8-25(33)9-11-26)20-28(36)27(17-22-15-23(31)18-24(32)16-22)34-30(37)42-14-6-5-13-41-29-7-3-4-12-40-29/h5-6,8-11,15-16,18,21,27-29,36H,3-4,7,12-14,17,19-20,33H2,1-2H3,(H,34,37)/b6-5+/t27-,28+,29-/m0/s1. The average molecular weight is 626 g/mol. The van der Waals surface area contributed by atoms with Gasteiger partial charge in [0.25, 0.3) is 0 Å². The Morgan fingerprint density at radius 3 is 2.42 bits per heavy atom. The highest BCUT2D eigenvalue weighted by atomic mass is 32.2. The normalized spacial score (nSPS) is 17.3. The third-order valence-electron chi connectivity index (χ3n) is 6.62. The minimum atomic E-state index is -4.06. The number of hydrogen-bond donors (Lipinski definition) is 3. The average Bonchev–Trinajstić information content (AvgIpc) is 2.94. The van der Waals surface area contributed by atoms with Crippen molar-refractivity contribution in [2.75, 3.05) is 38.6 Å². The first-order valence-corrected chi connectivity index (χ1v) is 15.7. The molecule has 0 aliphatic carbocycles. The summed E-state index contributed by atoms with van der Waals surface area (Å²) >= 11 is 0. The molecule has 1 fully saturated rings.